The van der Waals surface area contributed by atoms with E-state index in [1.165, 1.54) is 42.2 Å². The van der Waals surface area contributed by atoms with Crippen molar-refractivity contribution in [1.82, 2.24) is 15.0 Å². The van der Waals surface area contributed by atoms with Gasteiger partial charge in [-0.2, -0.15) is 0 Å². The largest absolute Gasteiger partial charge is 0.208 e. The molecule has 0 bridgehead atoms. The molecule has 0 aliphatic heterocycles. The lowest BCUT2D eigenvalue weighted by Gasteiger charge is -2.12. The molecule has 9 aromatic rings. The number of aromatic nitrogens is 3. The fraction of sp³-hybridized carbons (Fsp3) is 0. The molecule has 47 heavy (non-hydrogen) atoms. The van der Waals surface area contributed by atoms with Crippen molar-refractivity contribution in [2.75, 3.05) is 0 Å². The number of nitrogens with zero attached hydrogens (tertiary/aromatic N) is 3. The minimum absolute atomic E-state index is 0.651. The molecule has 0 N–H and O–H groups in total. The summed E-state index contributed by atoms with van der Waals surface area (Å²) in [6.45, 7) is 0. The lowest BCUT2D eigenvalue weighted by Crippen LogP contribution is -2.00. The molecular formula is C43H27N3S. The van der Waals surface area contributed by atoms with Crippen molar-refractivity contribution in [2.24, 2.45) is 0 Å². The highest BCUT2D eigenvalue weighted by atomic mass is 32.1. The molecular weight excluding hydrogens is 591 g/mol. The highest BCUT2D eigenvalue weighted by Gasteiger charge is 2.17. The number of hydrogen-bond acceptors (Lipinski definition) is 4. The maximum Gasteiger partial charge on any atom is 0.164 e. The normalized spacial score (nSPS) is 11.4. The third-order valence-electron chi connectivity index (χ3n) is 8.75. The average molecular weight is 618 g/mol. The van der Waals surface area contributed by atoms with Crippen molar-refractivity contribution in [2.45, 2.75) is 0 Å². The van der Waals surface area contributed by atoms with Crippen LogP contribution in [0.2, 0.25) is 0 Å². The molecule has 0 aliphatic carbocycles. The number of thiophene rings is 1. The van der Waals surface area contributed by atoms with Crippen molar-refractivity contribution < 1.29 is 0 Å². The van der Waals surface area contributed by atoms with Crippen molar-refractivity contribution in [3.8, 4) is 56.4 Å². The van der Waals surface area contributed by atoms with E-state index in [9.17, 15) is 0 Å². The predicted molar refractivity (Wildman–Crippen MR) is 197 cm³/mol. The molecule has 7 aromatic carbocycles. The van der Waals surface area contributed by atoms with E-state index in [0.717, 1.165) is 27.6 Å². The standard InChI is InChI=1S/C43H27N3S/c1-2-12-29(13-3-1)34-15-6-7-16-35(34)30-22-24-31(25-23-30)41-44-42(33-26-21-28-11-4-5-14-32(28)27-33)46-43(45-41)37-18-10-20-39-40(37)36-17-8-9-19-38(36)47-39/h1-27H. The molecule has 2 aromatic heterocycles. The molecule has 0 atom stereocenters. The van der Waals surface area contributed by atoms with Crippen molar-refractivity contribution in [3.05, 3.63) is 164 Å². The number of benzene rings is 7. The van der Waals surface area contributed by atoms with Gasteiger partial charge in [0.25, 0.3) is 0 Å². The first-order valence-electron chi connectivity index (χ1n) is 15.7. The second kappa shape index (κ2) is 11.4. The van der Waals surface area contributed by atoms with Gasteiger partial charge in [-0.25, -0.2) is 15.0 Å². The molecule has 0 fully saturated rings. The molecule has 2 heterocycles. The van der Waals surface area contributed by atoms with Crippen LogP contribution >= 0.6 is 11.3 Å². The van der Waals surface area contributed by atoms with Crippen molar-refractivity contribution in [1.29, 1.82) is 0 Å². The van der Waals surface area contributed by atoms with E-state index in [4.69, 9.17) is 15.0 Å². The summed E-state index contributed by atoms with van der Waals surface area (Å²) < 4.78 is 2.48. The van der Waals surface area contributed by atoms with Crippen LogP contribution in [0.1, 0.15) is 0 Å². The van der Waals surface area contributed by atoms with Crippen LogP contribution in [-0.4, -0.2) is 15.0 Å². The van der Waals surface area contributed by atoms with Gasteiger partial charge in [0.05, 0.1) is 0 Å². The van der Waals surface area contributed by atoms with Crippen LogP contribution in [0.5, 0.6) is 0 Å². The molecule has 220 valence electrons. The van der Waals surface area contributed by atoms with E-state index in [2.05, 4.69) is 164 Å². The van der Waals surface area contributed by atoms with Crippen LogP contribution in [0.4, 0.5) is 0 Å². The smallest absolute Gasteiger partial charge is 0.164 e. The third-order valence-corrected chi connectivity index (χ3v) is 9.89. The van der Waals surface area contributed by atoms with Gasteiger partial charge in [0, 0.05) is 36.9 Å². The summed E-state index contributed by atoms with van der Waals surface area (Å²) in [6, 6.07) is 57.5. The van der Waals surface area contributed by atoms with Crippen molar-refractivity contribution in [3.63, 3.8) is 0 Å². The van der Waals surface area contributed by atoms with E-state index in [-0.39, 0.29) is 0 Å². The quantitative estimate of drug-likeness (QED) is 0.193. The van der Waals surface area contributed by atoms with Gasteiger partial charge in [0.2, 0.25) is 0 Å². The average Bonchev–Trinajstić information content (AvgIpc) is 3.54. The lowest BCUT2D eigenvalue weighted by atomic mass is 9.94. The highest BCUT2D eigenvalue weighted by Crippen LogP contribution is 2.40. The Bertz CT molecular complexity index is 2570. The highest BCUT2D eigenvalue weighted by molar-refractivity contribution is 7.25. The summed E-state index contributed by atoms with van der Waals surface area (Å²) in [5, 5.41) is 4.74. The second-order valence-electron chi connectivity index (χ2n) is 11.6. The monoisotopic (exact) mass is 617 g/mol. The Morgan fingerprint density at radius 3 is 1.70 bits per heavy atom. The zero-order valence-corrected chi connectivity index (χ0v) is 26.2. The van der Waals surface area contributed by atoms with Crippen LogP contribution in [-0.2, 0) is 0 Å². The van der Waals surface area contributed by atoms with E-state index >= 15 is 0 Å². The Balaban J connectivity index is 1.21. The van der Waals surface area contributed by atoms with E-state index < -0.39 is 0 Å². The fourth-order valence-corrected chi connectivity index (χ4v) is 7.58. The lowest BCUT2D eigenvalue weighted by molar-refractivity contribution is 1.08. The molecule has 0 saturated carbocycles. The Morgan fingerprint density at radius 2 is 0.894 bits per heavy atom. The summed E-state index contributed by atoms with van der Waals surface area (Å²) in [5.74, 6) is 1.98. The predicted octanol–water partition coefficient (Wildman–Crippen LogP) is 11.7. The number of rotatable bonds is 5. The first-order chi connectivity index (χ1) is 23.3. The van der Waals surface area contributed by atoms with Crippen molar-refractivity contribution >= 4 is 42.3 Å². The van der Waals surface area contributed by atoms with E-state index in [1.807, 2.05) is 0 Å². The SMILES string of the molecule is c1ccc(-c2ccccc2-c2ccc(-c3nc(-c4ccc5ccccc5c4)nc(-c4cccc5sc6ccccc6c45)n3)cc2)cc1. The molecule has 0 radical (unpaired) electrons. The van der Waals surface area contributed by atoms with Crippen LogP contribution in [0, 0.1) is 0 Å². The van der Waals surface area contributed by atoms with Gasteiger partial charge in [-0.05, 0) is 51.2 Å². The topological polar surface area (TPSA) is 38.7 Å². The maximum absolute atomic E-state index is 5.15. The van der Waals surface area contributed by atoms with Gasteiger partial charge in [-0.15, -0.1) is 11.3 Å². The van der Waals surface area contributed by atoms with Gasteiger partial charge >= 0.3 is 0 Å². The molecule has 0 spiro atoms. The minimum atomic E-state index is 0.651. The number of hydrogen-bond donors (Lipinski definition) is 0. The molecule has 0 unspecified atom stereocenters. The first-order valence-corrected chi connectivity index (χ1v) is 16.5. The molecule has 0 saturated heterocycles. The second-order valence-corrected chi connectivity index (χ2v) is 12.7. The molecule has 9 rings (SSSR count). The van der Waals surface area contributed by atoms with E-state index in [1.54, 1.807) is 11.3 Å². The summed E-state index contributed by atoms with van der Waals surface area (Å²) in [7, 11) is 0. The van der Waals surface area contributed by atoms with Crippen LogP contribution < -0.4 is 0 Å². The Labute approximate surface area is 276 Å². The molecule has 0 amide bonds. The van der Waals surface area contributed by atoms with Crippen LogP contribution in [0.25, 0.3) is 87.4 Å². The van der Waals surface area contributed by atoms with Crippen LogP contribution in [0.3, 0.4) is 0 Å². The summed E-state index contributed by atoms with van der Waals surface area (Å²) >= 11 is 1.80. The zero-order valence-electron chi connectivity index (χ0n) is 25.3. The number of fused-ring (bicyclic) bond motifs is 4. The Kier molecular flexibility index (Phi) is 6.65. The Morgan fingerprint density at radius 1 is 0.340 bits per heavy atom. The summed E-state index contributed by atoms with van der Waals surface area (Å²) in [5.41, 5.74) is 7.66. The van der Waals surface area contributed by atoms with Gasteiger partial charge in [-0.3, -0.25) is 0 Å². The van der Waals surface area contributed by atoms with E-state index in [0.29, 0.717) is 17.5 Å². The molecule has 4 heteroatoms. The fourth-order valence-electron chi connectivity index (χ4n) is 6.45. The maximum atomic E-state index is 5.15. The molecule has 3 nitrogen and oxygen atoms in total. The van der Waals surface area contributed by atoms with Gasteiger partial charge in [0.15, 0.2) is 17.5 Å². The zero-order chi connectivity index (χ0) is 31.2. The summed E-state index contributed by atoms with van der Waals surface area (Å²) in [6.07, 6.45) is 0. The minimum Gasteiger partial charge on any atom is -0.208 e. The third kappa shape index (κ3) is 4.96. The Hall–Kier alpha value is -5.97. The molecule has 0 aliphatic rings. The van der Waals surface area contributed by atoms with Gasteiger partial charge in [0.1, 0.15) is 0 Å². The first kappa shape index (κ1) is 27.3. The summed E-state index contributed by atoms with van der Waals surface area (Å²) in [4.78, 5) is 15.4. The van der Waals surface area contributed by atoms with Gasteiger partial charge in [-0.1, -0.05) is 146 Å². The van der Waals surface area contributed by atoms with Gasteiger partial charge < -0.3 is 0 Å². The van der Waals surface area contributed by atoms with Crippen LogP contribution in [0.15, 0.2) is 164 Å².